The molecule has 3 rings (SSSR count). The first-order valence-electron chi connectivity index (χ1n) is 11.1. The highest BCUT2D eigenvalue weighted by Gasteiger charge is 2.51. The van der Waals surface area contributed by atoms with E-state index in [2.05, 4.69) is 5.32 Å². The van der Waals surface area contributed by atoms with Crippen molar-refractivity contribution < 1.29 is 42.4 Å². The molecule has 2 aromatic rings. The van der Waals surface area contributed by atoms with Crippen molar-refractivity contribution in [3.63, 3.8) is 0 Å². The summed E-state index contributed by atoms with van der Waals surface area (Å²) in [5.74, 6) is -0.844. The van der Waals surface area contributed by atoms with Gasteiger partial charge in [0, 0.05) is 20.6 Å². The van der Waals surface area contributed by atoms with Gasteiger partial charge in [-0.3, -0.25) is 4.79 Å². The fourth-order valence-electron chi connectivity index (χ4n) is 4.24. The number of hydrogen-bond donors (Lipinski definition) is 3. The molecular weight excluding hydrogens is 467 g/mol. The van der Waals surface area contributed by atoms with Crippen LogP contribution in [-0.2, 0) is 26.9 Å². The summed E-state index contributed by atoms with van der Waals surface area (Å²) in [5, 5.41) is 23.6. The molecular formula is C25H30F3NO6. The SMILES string of the molecule is CO[C@@H]1[C@@H](O)[C@H](O)C(Oc2cc(-c3ccccc3)c(CCNC(C)=O)cc2C(F)(F)F)OC1(C)C. The van der Waals surface area contributed by atoms with Crippen LogP contribution in [0.5, 0.6) is 5.75 Å². The Morgan fingerprint density at radius 3 is 2.37 bits per heavy atom. The Balaban J connectivity index is 2.07. The second kappa shape index (κ2) is 10.5. The number of halogens is 3. The van der Waals surface area contributed by atoms with E-state index in [0.29, 0.717) is 16.7 Å². The van der Waals surface area contributed by atoms with Crippen molar-refractivity contribution in [2.75, 3.05) is 13.7 Å². The van der Waals surface area contributed by atoms with Crippen molar-refractivity contribution in [2.24, 2.45) is 0 Å². The Bertz CT molecular complexity index is 1030. The van der Waals surface area contributed by atoms with Crippen LogP contribution in [0.15, 0.2) is 42.5 Å². The van der Waals surface area contributed by atoms with Crippen molar-refractivity contribution in [3.05, 3.63) is 53.6 Å². The zero-order chi connectivity index (χ0) is 26.0. The predicted molar refractivity (Wildman–Crippen MR) is 122 cm³/mol. The van der Waals surface area contributed by atoms with Crippen LogP contribution >= 0.6 is 0 Å². The quantitative estimate of drug-likeness (QED) is 0.543. The highest BCUT2D eigenvalue weighted by molar-refractivity contribution is 5.73. The van der Waals surface area contributed by atoms with Gasteiger partial charge >= 0.3 is 6.18 Å². The molecule has 192 valence electrons. The fourth-order valence-corrected chi connectivity index (χ4v) is 4.24. The number of carbonyl (C=O) groups excluding carboxylic acids is 1. The monoisotopic (exact) mass is 497 g/mol. The molecule has 4 atom stereocenters. The molecule has 0 saturated carbocycles. The molecule has 7 nitrogen and oxygen atoms in total. The number of amides is 1. The van der Waals surface area contributed by atoms with E-state index in [1.807, 2.05) is 0 Å². The van der Waals surface area contributed by atoms with Crippen LogP contribution in [0.25, 0.3) is 11.1 Å². The number of nitrogens with one attached hydrogen (secondary N) is 1. The van der Waals surface area contributed by atoms with E-state index in [-0.39, 0.29) is 18.9 Å². The molecule has 1 aliphatic rings. The second-order valence-electron chi connectivity index (χ2n) is 8.95. The molecule has 1 saturated heterocycles. The predicted octanol–water partition coefficient (Wildman–Crippen LogP) is 3.30. The van der Waals surface area contributed by atoms with Gasteiger partial charge in [-0.1, -0.05) is 30.3 Å². The van der Waals surface area contributed by atoms with Gasteiger partial charge in [-0.2, -0.15) is 13.2 Å². The van der Waals surface area contributed by atoms with Gasteiger partial charge in [0.15, 0.2) is 0 Å². The summed E-state index contributed by atoms with van der Waals surface area (Å²) in [6, 6.07) is 11.0. The van der Waals surface area contributed by atoms with Crippen LogP contribution in [0.3, 0.4) is 0 Å². The van der Waals surface area contributed by atoms with E-state index >= 15 is 0 Å². The van der Waals surface area contributed by atoms with Gasteiger partial charge in [-0.15, -0.1) is 0 Å². The van der Waals surface area contributed by atoms with Crippen molar-refractivity contribution in [1.82, 2.24) is 5.32 Å². The Labute approximate surface area is 201 Å². The highest BCUT2D eigenvalue weighted by Crippen LogP contribution is 2.42. The molecule has 2 aromatic carbocycles. The molecule has 0 aromatic heterocycles. The van der Waals surface area contributed by atoms with E-state index in [9.17, 15) is 28.2 Å². The maximum Gasteiger partial charge on any atom is 0.419 e. The lowest BCUT2D eigenvalue weighted by Gasteiger charge is -2.46. The maximum atomic E-state index is 14.1. The minimum Gasteiger partial charge on any atom is -0.461 e. The number of aliphatic hydroxyl groups excluding tert-OH is 2. The van der Waals surface area contributed by atoms with Crippen molar-refractivity contribution in [1.29, 1.82) is 0 Å². The third kappa shape index (κ3) is 6.13. The molecule has 1 heterocycles. The Kier molecular flexibility index (Phi) is 8.10. The highest BCUT2D eigenvalue weighted by atomic mass is 19.4. The van der Waals surface area contributed by atoms with Crippen molar-refractivity contribution in [3.8, 4) is 16.9 Å². The first-order valence-corrected chi connectivity index (χ1v) is 11.1. The van der Waals surface area contributed by atoms with Gasteiger partial charge in [0.05, 0.1) is 11.2 Å². The molecule has 0 bridgehead atoms. The summed E-state index contributed by atoms with van der Waals surface area (Å²) in [5.41, 5.74) is -0.744. The van der Waals surface area contributed by atoms with Crippen LogP contribution < -0.4 is 10.1 Å². The van der Waals surface area contributed by atoms with E-state index < -0.39 is 47.7 Å². The number of hydrogen-bond acceptors (Lipinski definition) is 6. The summed E-state index contributed by atoms with van der Waals surface area (Å²) in [6.45, 7) is 4.64. The number of rotatable bonds is 7. The summed E-state index contributed by atoms with van der Waals surface area (Å²) < 4.78 is 58.8. The van der Waals surface area contributed by atoms with Gasteiger partial charge in [-0.25, -0.2) is 0 Å². The fraction of sp³-hybridized carbons (Fsp3) is 0.480. The second-order valence-corrected chi connectivity index (χ2v) is 8.95. The molecule has 0 aliphatic carbocycles. The molecule has 0 radical (unpaired) electrons. The summed E-state index contributed by atoms with van der Waals surface area (Å²) in [7, 11) is 1.33. The first-order chi connectivity index (χ1) is 16.3. The zero-order valence-electron chi connectivity index (χ0n) is 19.9. The topological polar surface area (TPSA) is 97.3 Å². The Morgan fingerprint density at radius 1 is 1.14 bits per heavy atom. The molecule has 3 N–H and O–H groups in total. The van der Waals surface area contributed by atoms with Gasteiger partial charge < -0.3 is 29.7 Å². The minimum absolute atomic E-state index is 0.149. The number of ether oxygens (including phenoxy) is 3. The Hall–Kier alpha value is -2.66. The average Bonchev–Trinajstić information content (AvgIpc) is 2.77. The molecule has 1 amide bonds. The van der Waals surface area contributed by atoms with Crippen LogP contribution in [0, 0.1) is 0 Å². The van der Waals surface area contributed by atoms with E-state index in [0.717, 1.165) is 6.07 Å². The standard InChI is InChI=1S/C25H30F3NO6/c1-14(30)29-11-10-16-12-18(25(26,27)28)19(13-17(16)15-8-6-5-7-9-15)34-23-21(32)20(31)22(33-4)24(2,3)35-23/h5-9,12-13,20-23,31-32H,10-11H2,1-4H3,(H,29,30)/t20-,21-,22+,23?/m0/s1. The van der Waals surface area contributed by atoms with Gasteiger partial charge in [0.2, 0.25) is 12.2 Å². The third-order valence-corrected chi connectivity index (χ3v) is 5.90. The largest absolute Gasteiger partial charge is 0.461 e. The molecule has 10 heteroatoms. The van der Waals surface area contributed by atoms with Crippen LogP contribution in [0.4, 0.5) is 13.2 Å². The number of carbonyl (C=O) groups is 1. The average molecular weight is 498 g/mol. The van der Waals surface area contributed by atoms with Crippen LogP contribution in [0.1, 0.15) is 31.9 Å². The van der Waals surface area contributed by atoms with Crippen molar-refractivity contribution >= 4 is 5.91 Å². The van der Waals surface area contributed by atoms with Crippen LogP contribution in [0.2, 0.25) is 0 Å². The minimum atomic E-state index is -4.78. The summed E-state index contributed by atoms with van der Waals surface area (Å²) >= 11 is 0. The van der Waals surface area contributed by atoms with Crippen LogP contribution in [-0.4, -0.2) is 60.0 Å². The molecule has 1 fully saturated rings. The number of methoxy groups -OCH3 is 1. The van der Waals surface area contributed by atoms with Crippen molar-refractivity contribution in [2.45, 2.75) is 63.6 Å². The number of aliphatic hydroxyl groups is 2. The smallest absolute Gasteiger partial charge is 0.419 e. The van der Waals surface area contributed by atoms with E-state index in [4.69, 9.17) is 14.2 Å². The summed E-state index contributed by atoms with van der Waals surface area (Å²) in [4.78, 5) is 11.3. The number of benzene rings is 2. The third-order valence-electron chi connectivity index (χ3n) is 5.90. The maximum absolute atomic E-state index is 14.1. The molecule has 0 spiro atoms. The zero-order valence-corrected chi connectivity index (χ0v) is 19.9. The molecule has 1 aliphatic heterocycles. The Morgan fingerprint density at radius 2 is 1.80 bits per heavy atom. The summed E-state index contributed by atoms with van der Waals surface area (Å²) in [6.07, 6.45) is -10.2. The normalized spacial score (nSPS) is 24.1. The lowest BCUT2D eigenvalue weighted by Crippen LogP contribution is -2.63. The molecule has 35 heavy (non-hydrogen) atoms. The molecule has 1 unspecified atom stereocenters. The van der Waals surface area contributed by atoms with E-state index in [1.165, 1.54) is 20.1 Å². The van der Waals surface area contributed by atoms with Gasteiger partial charge in [0.1, 0.15) is 24.1 Å². The van der Waals surface area contributed by atoms with E-state index in [1.54, 1.807) is 44.2 Å². The van der Waals surface area contributed by atoms with Gasteiger partial charge in [0.25, 0.3) is 0 Å². The first kappa shape index (κ1) is 26.9. The lowest BCUT2D eigenvalue weighted by molar-refractivity contribution is -0.306. The lowest BCUT2D eigenvalue weighted by atomic mass is 9.89. The number of alkyl halides is 3. The van der Waals surface area contributed by atoms with Gasteiger partial charge in [-0.05, 0) is 49.1 Å².